The van der Waals surface area contributed by atoms with Gasteiger partial charge in [-0.05, 0) is 31.6 Å². The lowest BCUT2D eigenvalue weighted by Gasteiger charge is -2.25. The van der Waals surface area contributed by atoms with Crippen LogP contribution in [0.5, 0.6) is 0 Å². The van der Waals surface area contributed by atoms with Gasteiger partial charge in [0.1, 0.15) is 0 Å². The molecule has 1 heterocycles. The number of hydrazine groups is 1. The highest BCUT2D eigenvalue weighted by molar-refractivity contribution is 5.46. The summed E-state index contributed by atoms with van der Waals surface area (Å²) in [5.74, 6) is 3.68. The fourth-order valence-electron chi connectivity index (χ4n) is 2.28. The SMILES string of the molecule is NNc1nc(NCC2CCC(O)CC2)c(F)cc1F. The number of hydrogen-bond acceptors (Lipinski definition) is 5. The van der Waals surface area contributed by atoms with Crippen molar-refractivity contribution in [3.8, 4) is 0 Å². The summed E-state index contributed by atoms with van der Waals surface area (Å²) in [6.07, 6.45) is 3.09. The zero-order valence-electron chi connectivity index (χ0n) is 10.5. The Hall–Kier alpha value is -1.47. The smallest absolute Gasteiger partial charge is 0.178 e. The molecule has 0 unspecified atom stereocenters. The van der Waals surface area contributed by atoms with Gasteiger partial charge >= 0.3 is 0 Å². The molecule has 0 aromatic carbocycles. The number of halogens is 2. The van der Waals surface area contributed by atoms with Gasteiger partial charge < -0.3 is 15.8 Å². The molecule has 19 heavy (non-hydrogen) atoms. The third-order valence-corrected chi connectivity index (χ3v) is 3.44. The maximum atomic E-state index is 13.5. The topological polar surface area (TPSA) is 83.2 Å². The quantitative estimate of drug-likeness (QED) is 0.494. The molecule has 5 nitrogen and oxygen atoms in total. The second kappa shape index (κ2) is 6.12. The fraction of sp³-hybridized carbons (Fsp3) is 0.583. The summed E-state index contributed by atoms with van der Waals surface area (Å²) >= 11 is 0. The number of nitrogens with zero attached hydrogens (tertiary/aromatic N) is 1. The van der Waals surface area contributed by atoms with Crippen LogP contribution >= 0.6 is 0 Å². The average molecular weight is 272 g/mol. The van der Waals surface area contributed by atoms with Crippen LogP contribution in [0.4, 0.5) is 20.4 Å². The van der Waals surface area contributed by atoms with Gasteiger partial charge in [-0.2, -0.15) is 0 Å². The van der Waals surface area contributed by atoms with Crippen molar-refractivity contribution in [3.05, 3.63) is 17.7 Å². The van der Waals surface area contributed by atoms with Gasteiger partial charge in [0.05, 0.1) is 6.10 Å². The van der Waals surface area contributed by atoms with E-state index >= 15 is 0 Å². The van der Waals surface area contributed by atoms with Crippen LogP contribution < -0.4 is 16.6 Å². The number of aliphatic hydroxyl groups is 1. The van der Waals surface area contributed by atoms with Crippen molar-refractivity contribution in [2.24, 2.45) is 11.8 Å². The highest BCUT2D eigenvalue weighted by Gasteiger charge is 2.20. The first-order valence-electron chi connectivity index (χ1n) is 6.34. The molecule has 0 aliphatic heterocycles. The van der Waals surface area contributed by atoms with E-state index in [4.69, 9.17) is 5.84 Å². The van der Waals surface area contributed by atoms with Crippen LogP contribution in [0.25, 0.3) is 0 Å². The Balaban J connectivity index is 1.95. The summed E-state index contributed by atoms with van der Waals surface area (Å²) in [5.41, 5.74) is 2.08. The Labute approximate surface area is 110 Å². The van der Waals surface area contributed by atoms with Gasteiger partial charge in [-0.1, -0.05) is 0 Å². The van der Waals surface area contributed by atoms with Gasteiger partial charge in [-0.3, -0.25) is 0 Å². The zero-order valence-corrected chi connectivity index (χ0v) is 10.5. The molecule has 106 valence electrons. The molecule has 0 bridgehead atoms. The zero-order chi connectivity index (χ0) is 13.8. The summed E-state index contributed by atoms with van der Waals surface area (Å²) < 4.78 is 26.7. The Morgan fingerprint density at radius 2 is 1.84 bits per heavy atom. The fourth-order valence-corrected chi connectivity index (χ4v) is 2.28. The number of nitrogens with one attached hydrogen (secondary N) is 2. The van der Waals surface area contributed by atoms with Crippen LogP contribution in [-0.2, 0) is 0 Å². The van der Waals surface area contributed by atoms with E-state index < -0.39 is 11.6 Å². The van der Waals surface area contributed by atoms with E-state index in [2.05, 4.69) is 15.7 Å². The molecule has 1 fully saturated rings. The number of nitrogens with two attached hydrogens (primary N) is 1. The maximum Gasteiger partial charge on any atom is 0.178 e. The van der Waals surface area contributed by atoms with Gasteiger partial charge in [-0.15, -0.1) is 0 Å². The van der Waals surface area contributed by atoms with Crippen molar-refractivity contribution in [1.29, 1.82) is 0 Å². The molecule has 1 aliphatic rings. The summed E-state index contributed by atoms with van der Waals surface area (Å²) in [4.78, 5) is 3.74. The molecule has 0 saturated heterocycles. The summed E-state index contributed by atoms with van der Waals surface area (Å²) in [6, 6.07) is 0.745. The normalized spacial score (nSPS) is 23.2. The third-order valence-electron chi connectivity index (χ3n) is 3.44. The molecular formula is C12H18F2N4O. The summed E-state index contributed by atoms with van der Waals surface area (Å²) in [5, 5.41) is 12.3. The number of nitrogen functional groups attached to an aromatic ring is 1. The van der Waals surface area contributed by atoms with Crippen LogP contribution in [0, 0.1) is 17.6 Å². The summed E-state index contributed by atoms with van der Waals surface area (Å²) in [7, 11) is 0. The number of aromatic nitrogens is 1. The van der Waals surface area contributed by atoms with Crippen molar-refractivity contribution in [3.63, 3.8) is 0 Å². The average Bonchev–Trinajstić information content (AvgIpc) is 2.40. The molecule has 1 aromatic rings. The van der Waals surface area contributed by atoms with Crippen molar-refractivity contribution < 1.29 is 13.9 Å². The number of rotatable bonds is 4. The van der Waals surface area contributed by atoms with E-state index in [-0.39, 0.29) is 17.7 Å². The molecule has 7 heteroatoms. The van der Waals surface area contributed by atoms with Gasteiger partial charge in [0.25, 0.3) is 0 Å². The van der Waals surface area contributed by atoms with Crippen molar-refractivity contribution >= 4 is 11.6 Å². The first kappa shape index (κ1) is 14.0. The minimum atomic E-state index is -0.827. The first-order chi connectivity index (χ1) is 9.10. The number of hydrogen-bond donors (Lipinski definition) is 4. The lowest BCUT2D eigenvalue weighted by Crippen LogP contribution is -2.24. The first-order valence-corrected chi connectivity index (χ1v) is 6.34. The molecule has 0 radical (unpaired) electrons. The van der Waals surface area contributed by atoms with Crippen LogP contribution in [-0.4, -0.2) is 22.7 Å². The Morgan fingerprint density at radius 1 is 1.21 bits per heavy atom. The molecule has 5 N–H and O–H groups in total. The molecule has 1 aliphatic carbocycles. The monoisotopic (exact) mass is 272 g/mol. The van der Waals surface area contributed by atoms with Gasteiger partial charge in [0.2, 0.25) is 0 Å². The Morgan fingerprint density at radius 3 is 2.47 bits per heavy atom. The minimum absolute atomic E-state index is 0.0135. The third kappa shape index (κ3) is 3.51. The molecule has 1 aromatic heterocycles. The van der Waals surface area contributed by atoms with Gasteiger partial charge in [0, 0.05) is 12.6 Å². The second-order valence-corrected chi connectivity index (χ2v) is 4.85. The van der Waals surface area contributed by atoms with E-state index in [1.54, 1.807) is 0 Å². The van der Waals surface area contributed by atoms with E-state index in [1.807, 2.05) is 0 Å². The number of anilines is 2. The Bertz CT molecular complexity index is 436. The summed E-state index contributed by atoms with van der Waals surface area (Å²) in [6.45, 7) is 0.548. The predicted octanol–water partition coefficient (Wildman–Crippen LogP) is 1.61. The molecule has 0 atom stereocenters. The highest BCUT2D eigenvalue weighted by Crippen LogP contribution is 2.25. The molecule has 0 amide bonds. The Kier molecular flexibility index (Phi) is 4.49. The molecule has 2 rings (SSSR count). The number of aliphatic hydroxyl groups excluding tert-OH is 1. The van der Waals surface area contributed by atoms with Crippen LogP contribution in [0.1, 0.15) is 25.7 Å². The van der Waals surface area contributed by atoms with Crippen molar-refractivity contribution in [2.45, 2.75) is 31.8 Å². The van der Waals surface area contributed by atoms with Gasteiger partial charge in [-0.25, -0.2) is 19.6 Å². The lowest BCUT2D eigenvalue weighted by molar-refractivity contribution is 0.111. The minimum Gasteiger partial charge on any atom is -0.393 e. The van der Waals surface area contributed by atoms with Crippen molar-refractivity contribution in [2.75, 3.05) is 17.3 Å². The van der Waals surface area contributed by atoms with E-state index in [0.29, 0.717) is 12.5 Å². The van der Waals surface area contributed by atoms with Crippen molar-refractivity contribution in [1.82, 2.24) is 4.98 Å². The molecule has 0 spiro atoms. The van der Waals surface area contributed by atoms with Crippen LogP contribution in [0.3, 0.4) is 0 Å². The maximum absolute atomic E-state index is 13.5. The van der Waals surface area contributed by atoms with Gasteiger partial charge in [0.15, 0.2) is 23.3 Å². The van der Waals surface area contributed by atoms with E-state index in [9.17, 15) is 13.9 Å². The standard InChI is InChI=1S/C12H18F2N4O/c13-9-5-10(14)12(18-15)17-11(9)16-6-7-1-3-8(19)4-2-7/h5,7-8,19H,1-4,6,15H2,(H2,16,17,18). The number of pyridine rings is 1. The highest BCUT2D eigenvalue weighted by atomic mass is 19.1. The van der Waals surface area contributed by atoms with E-state index in [1.165, 1.54) is 0 Å². The second-order valence-electron chi connectivity index (χ2n) is 4.85. The molecule has 1 saturated carbocycles. The predicted molar refractivity (Wildman–Crippen MR) is 68.4 cm³/mol. The van der Waals surface area contributed by atoms with Crippen LogP contribution in [0.15, 0.2) is 6.07 Å². The largest absolute Gasteiger partial charge is 0.393 e. The molecular weight excluding hydrogens is 254 g/mol. The lowest BCUT2D eigenvalue weighted by atomic mass is 9.87. The van der Waals surface area contributed by atoms with E-state index in [0.717, 1.165) is 31.7 Å². The van der Waals surface area contributed by atoms with Crippen LogP contribution in [0.2, 0.25) is 0 Å².